The second-order valence-electron chi connectivity index (χ2n) is 2.48. The smallest absolute Gasteiger partial charge is 0.255 e. The summed E-state index contributed by atoms with van der Waals surface area (Å²) in [4.78, 5) is 3.46. The maximum absolute atomic E-state index is 12.1. The van der Waals surface area contributed by atoms with Gasteiger partial charge in [-0.05, 0) is 18.6 Å². The number of nitrogens with zero attached hydrogens (tertiary/aromatic N) is 1. The molecule has 0 aliphatic carbocycles. The molecule has 0 aromatic carbocycles. The summed E-state index contributed by atoms with van der Waals surface area (Å²) in [6.45, 7) is 0.824. The standard InChI is InChI=1S/C8H8F3N/c1-5-2-6(3-9)4-12-7(5)8(10)11/h2,4,8H,3H2,1H3. The fraction of sp³-hybridized carbons (Fsp3) is 0.375. The van der Waals surface area contributed by atoms with Gasteiger partial charge in [-0.3, -0.25) is 4.98 Å². The summed E-state index contributed by atoms with van der Waals surface area (Å²) in [6, 6.07) is 1.38. The molecule has 0 aliphatic heterocycles. The second kappa shape index (κ2) is 3.56. The predicted octanol–water partition coefficient (Wildman–Crippen LogP) is 2.80. The predicted molar refractivity (Wildman–Crippen MR) is 38.7 cm³/mol. The van der Waals surface area contributed by atoms with Crippen LogP contribution >= 0.6 is 0 Å². The number of rotatable bonds is 2. The first-order chi connectivity index (χ1) is 5.65. The highest BCUT2D eigenvalue weighted by Gasteiger charge is 2.11. The topological polar surface area (TPSA) is 12.9 Å². The molecule has 0 radical (unpaired) electrons. The number of aromatic nitrogens is 1. The fourth-order valence-corrected chi connectivity index (χ4v) is 0.945. The first kappa shape index (κ1) is 9.03. The van der Waals surface area contributed by atoms with E-state index in [2.05, 4.69) is 4.98 Å². The van der Waals surface area contributed by atoms with Crippen LogP contribution in [0.15, 0.2) is 12.3 Å². The molecule has 0 N–H and O–H groups in total. The largest absolute Gasteiger partial charge is 0.280 e. The molecule has 1 aromatic heterocycles. The molecule has 0 spiro atoms. The van der Waals surface area contributed by atoms with E-state index in [9.17, 15) is 13.2 Å². The fourth-order valence-electron chi connectivity index (χ4n) is 0.945. The molecule has 1 aromatic rings. The van der Waals surface area contributed by atoms with Gasteiger partial charge in [-0.15, -0.1) is 0 Å². The van der Waals surface area contributed by atoms with Gasteiger partial charge in [-0.2, -0.15) is 0 Å². The van der Waals surface area contributed by atoms with E-state index in [1.54, 1.807) is 0 Å². The van der Waals surface area contributed by atoms with Gasteiger partial charge in [0.25, 0.3) is 6.43 Å². The van der Waals surface area contributed by atoms with Gasteiger partial charge in [0, 0.05) is 11.8 Å². The van der Waals surface area contributed by atoms with Gasteiger partial charge in [-0.25, -0.2) is 13.2 Å². The summed E-state index contributed by atoms with van der Waals surface area (Å²) < 4.78 is 36.2. The average Bonchev–Trinajstić information content (AvgIpc) is 2.03. The van der Waals surface area contributed by atoms with E-state index in [4.69, 9.17) is 0 Å². The Kier molecular flexibility index (Phi) is 2.68. The Morgan fingerprint density at radius 3 is 2.58 bits per heavy atom. The third-order valence-electron chi connectivity index (χ3n) is 1.54. The van der Waals surface area contributed by atoms with Gasteiger partial charge in [0.2, 0.25) is 0 Å². The number of halogens is 3. The van der Waals surface area contributed by atoms with Crippen LogP contribution in [0.2, 0.25) is 0 Å². The van der Waals surface area contributed by atoms with Crippen molar-refractivity contribution in [1.29, 1.82) is 0 Å². The molecule has 0 saturated heterocycles. The summed E-state index contributed by atoms with van der Waals surface area (Å²) in [7, 11) is 0. The van der Waals surface area contributed by atoms with Gasteiger partial charge in [0.1, 0.15) is 12.4 Å². The van der Waals surface area contributed by atoms with Crippen molar-refractivity contribution < 1.29 is 13.2 Å². The third kappa shape index (κ3) is 1.75. The van der Waals surface area contributed by atoms with Crippen molar-refractivity contribution in [3.63, 3.8) is 0 Å². The highest BCUT2D eigenvalue weighted by molar-refractivity contribution is 5.24. The molecular formula is C8H8F3N. The number of pyridine rings is 1. The van der Waals surface area contributed by atoms with Crippen molar-refractivity contribution in [3.8, 4) is 0 Å². The Balaban J connectivity index is 3.03. The minimum Gasteiger partial charge on any atom is -0.255 e. The summed E-state index contributed by atoms with van der Waals surface area (Å²) in [5.74, 6) is 0. The maximum Gasteiger partial charge on any atom is 0.280 e. The highest BCUT2D eigenvalue weighted by Crippen LogP contribution is 2.20. The Bertz CT molecular complexity index is 273. The quantitative estimate of drug-likeness (QED) is 0.673. The van der Waals surface area contributed by atoms with Crippen molar-refractivity contribution >= 4 is 0 Å². The summed E-state index contributed by atoms with van der Waals surface area (Å²) in [5, 5.41) is 0. The van der Waals surface area contributed by atoms with E-state index < -0.39 is 13.1 Å². The van der Waals surface area contributed by atoms with E-state index in [0.29, 0.717) is 11.1 Å². The van der Waals surface area contributed by atoms with Crippen LogP contribution in [-0.2, 0) is 6.67 Å². The molecule has 0 fully saturated rings. The average molecular weight is 175 g/mol. The lowest BCUT2D eigenvalue weighted by Gasteiger charge is -2.03. The first-order valence-electron chi connectivity index (χ1n) is 3.44. The minimum atomic E-state index is -2.58. The SMILES string of the molecule is Cc1cc(CF)cnc1C(F)F. The molecular weight excluding hydrogens is 167 g/mol. The molecule has 4 heteroatoms. The van der Waals surface area contributed by atoms with Crippen LogP contribution in [0, 0.1) is 6.92 Å². The lowest BCUT2D eigenvalue weighted by molar-refractivity contribution is 0.145. The van der Waals surface area contributed by atoms with Gasteiger partial charge in [-0.1, -0.05) is 0 Å². The highest BCUT2D eigenvalue weighted by atomic mass is 19.3. The van der Waals surface area contributed by atoms with Crippen molar-refractivity contribution in [1.82, 2.24) is 4.98 Å². The van der Waals surface area contributed by atoms with Crippen molar-refractivity contribution in [3.05, 3.63) is 29.1 Å². The van der Waals surface area contributed by atoms with Crippen LogP contribution in [-0.4, -0.2) is 4.98 Å². The Morgan fingerprint density at radius 2 is 2.17 bits per heavy atom. The van der Waals surface area contributed by atoms with Gasteiger partial charge >= 0.3 is 0 Å². The van der Waals surface area contributed by atoms with Crippen LogP contribution in [0.25, 0.3) is 0 Å². The maximum atomic E-state index is 12.1. The first-order valence-corrected chi connectivity index (χ1v) is 3.44. The molecule has 0 amide bonds. The zero-order valence-electron chi connectivity index (χ0n) is 6.52. The molecule has 1 heterocycles. The monoisotopic (exact) mass is 175 g/mol. The third-order valence-corrected chi connectivity index (χ3v) is 1.54. The molecule has 1 nitrogen and oxygen atoms in total. The number of hydrogen-bond donors (Lipinski definition) is 0. The Morgan fingerprint density at radius 1 is 1.50 bits per heavy atom. The number of hydrogen-bond acceptors (Lipinski definition) is 1. The van der Waals surface area contributed by atoms with Crippen LogP contribution < -0.4 is 0 Å². The van der Waals surface area contributed by atoms with E-state index in [-0.39, 0.29) is 5.69 Å². The second-order valence-corrected chi connectivity index (χ2v) is 2.48. The van der Waals surface area contributed by atoms with Crippen molar-refractivity contribution in [2.45, 2.75) is 20.0 Å². The lowest BCUT2D eigenvalue weighted by Crippen LogP contribution is -1.95. The molecule has 0 bridgehead atoms. The lowest BCUT2D eigenvalue weighted by atomic mass is 10.2. The molecule has 66 valence electrons. The van der Waals surface area contributed by atoms with Crippen molar-refractivity contribution in [2.75, 3.05) is 0 Å². The summed E-state index contributed by atoms with van der Waals surface area (Å²) in [5.41, 5.74) is 0.393. The molecule has 1 rings (SSSR count). The molecule has 0 aliphatic rings. The van der Waals surface area contributed by atoms with Gasteiger partial charge in [0.05, 0.1) is 0 Å². The Hall–Kier alpha value is -1.06. The van der Waals surface area contributed by atoms with Crippen LogP contribution in [0.1, 0.15) is 23.2 Å². The molecule has 0 atom stereocenters. The van der Waals surface area contributed by atoms with Crippen LogP contribution in [0.4, 0.5) is 13.2 Å². The van der Waals surface area contributed by atoms with E-state index >= 15 is 0 Å². The van der Waals surface area contributed by atoms with Crippen molar-refractivity contribution in [2.24, 2.45) is 0 Å². The Labute approximate surface area is 68.2 Å². The zero-order chi connectivity index (χ0) is 9.14. The van der Waals surface area contributed by atoms with Crippen LogP contribution in [0.3, 0.4) is 0 Å². The molecule has 0 unspecified atom stereocenters. The van der Waals surface area contributed by atoms with Crippen LogP contribution in [0.5, 0.6) is 0 Å². The molecule has 0 saturated carbocycles. The van der Waals surface area contributed by atoms with E-state index in [1.807, 2.05) is 0 Å². The minimum absolute atomic E-state index is 0.271. The van der Waals surface area contributed by atoms with Gasteiger partial charge in [0.15, 0.2) is 0 Å². The normalized spacial score (nSPS) is 10.8. The zero-order valence-corrected chi connectivity index (χ0v) is 6.52. The van der Waals surface area contributed by atoms with E-state index in [0.717, 1.165) is 6.20 Å². The summed E-state index contributed by atoms with van der Waals surface area (Å²) >= 11 is 0. The van der Waals surface area contributed by atoms with Gasteiger partial charge < -0.3 is 0 Å². The number of alkyl halides is 3. The van der Waals surface area contributed by atoms with E-state index in [1.165, 1.54) is 13.0 Å². The summed E-state index contributed by atoms with van der Waals surface area (Å²) in [6.07, 6.45) is -1.45. The molecule has 12 heavy (non-hydrogen) atoms. The number of aryl methyl sites for hydroxylation is 1.